The van der Waals surface area contributed by atoms with Gasteiger partial charge in [-0.25, -0.2) is 0 Å². The first-order valence-corrected chi connectivity index (χ1v) is 6.86. The Morgan fingerprint density at radius 1 is 1.47 bits per heavy atom. The van der Waals surface area contributed by atoms with E-state index in [1.54, 1.807) is 11.3 Å². The summed E-state index contributed by atoms with van der Waals surface area (Å²) in [6.07, 6.45) is 2.22. The van der Waals surface area contributed by atoms with Gasteiger partial charge in [0.2, 0.25) is 0 Å². The molecule has 0 unspecified atom stereocenters. The highest BCUT2D eigenvalue weighted by molar-refractivity contribution is 9.11. The van der Waals surface area contributed by atoms with E-state index in [0.29, 0.717) is 0 Å². The molecule has 1 N–H and O–H groups in total. The minimum Gasteiger partial charge on any atom is -0.381 e. The lowest BCUT2D eigenvalue weighted by Crippen LogP contribution is -2.46. The van der Waals surface area contributed by atoms with Crippen LogP contribution in [0.1, 0.15) is 24.6 Å². The second kappa shape index (κ2) is 4.95. The lowest BCUT2D eigenvalue weighted by Gasteiger charge is -2.34. The number of ether oxygens (including phenoxy) is 1. The third-order valence-electron chi connectivity index (χ3n) is 2.91. The van der Waals surface area contributed by atoms with Gasteiger partial charge >= 0.3 is 0 Å². The Morgan fingerprint density at radius 3 is 2.80 bits per heavy atom. The number of hydrogen-bond acceptors (Lipinski definition) is 3. The zero-order chi connectivity index (χ0) is 10.7. The molecule has 0 saturated carbocycles. The molecular formula is C11H16BrNOS. The van der Waals surface area contributed by atoms with Crippen LogP contribution in [0.4, 0.5) is 0 Å². The van der Waals surface area contributed by atoms with Crippen LogP contribution in [0.25, 0.3) is 0 Å². The zero-order valence-electron chi connectivity index (χ0n) is 8.88. The molecule has 1 aliphatic rings. The van der Waals surface area contributed by atoms with Crippen LogP contribution in [-0.2, 0) is 11.3 Å². The van der Waals surface area contributed by atoms with E-state index in [0.717, 1.165) is 32.6 Å². The second-order valence-electron chi connectivity index (χ2n) is 4.23. The lowest BCUT2D eigenvalue weighted by molar-refractivity contribution is 0.0447. The van der Waals surface area contributed by atoms with E-state index in [9.17, 15) is 0 Å². The van der Waals surface area contributed by atoms with Crippen molar-refractivity contribution in [2.45, 2.75) is 31.8 Å². The molecule has 2 rings (SSSR count). The Morgan fingerprint density at radius 2 is 2.20 bits per heavy atom. The summed E-state index contributed by atoms with van der Waals surface area (Å²) < 4.78 is 6.58. The van der Waals surface area contributed by atoms with Gasteiger partial charge in [-0.3, -0.25) is 0 Å². The number of thiophene rings is 1. The van der Waals surface area contributed by atoms with Gasteiger partial charge in [-0.05, 0) is 47.8 Å². The van der Waals surface area contributed by atoms with Gasteiger partial charge in [-0.2, -0.15) is 0 Å². The van der Waals surface area contributed by atoms with Crippen molar-refractivity contribution in [2.24, 2.45) is 0 Å². The third-order valence-corrected chi connectivity index (χ3v) is 4.54. The van der Waals surface area contributed by atoms with Crippen LogP contribution in [0.2, 0.25) is 0 Å². The second-order valence-corrected chi connectivity index (χ2v) is 6.78. The fourth-order valence-corrected chi connectivity index (χ4v) is 3.17. The Bertz CT molecular complexity index is 320. The molecule has 2 heterocycles. The van der Waals surface area contributed by atoms with Crippen molar-refractivity contribution in [2.75, 3.05) is 13.2 Å². The van der Waals surface area contributed by atoms with Crippen molar-refractivity contribution in [1.29, 1.82) is 0 Å². The maximum absolute atomic E-state index is 5.38. The van der Waals surface area contributed by atoms with E-state index in [4.69, 9.17) is 4.74 Å². The maximum Gasteiger partial charge on any atom is 0.0701 e. The van der Waals surface area contributed by atoms with E-state index < -0.39 is 0 Å². The molecule has 1 fully saturated rings. The molecule has 0 spiro atoms. The van der Waals surface area contributed by atoms with Crippen molar-refractivity contribution in [3.63, 3.8) is 0 Å². The summed E-state index contributed by atoms with van der Waals surface area (Å²) in [5.41, 5.74) is 0.259. The molecule has 1 aromatic rings. The van der Waals surface area contributed by atoms with E-state index in [1.165, 1.54) is 8.66 Å². The SMILES string of the molecule is CC1(NCc2ccc(Br)s2)CCOCC1. The summed E-state index contributed by atoms with van der Waals surface area (Å²) in [6.45, 7) is 5.03. The van der Waals surface area contributed by atoms with E-state index in [-0.39, 0.29) is 5.54 Å². The van der Waals surface area contributed by atoms with Crippen LogP contribution in [0, 0.1) is 0 Å². The van der Waals surface area contributed by atoms with Gasteiger partial charge in [-0.15, -0.1) is 11.3 Å². The summed E-state index contributed by atoms with van der Waals surface area (Å²) in [7, 11) is 0. The summed E-state index contributed by atoms with van der Waals surface area (Å²) in [5.74, 6) is 0. The van der Waals surface area contributed by atoms with Crippen LogP contribution in [0.3, 0.4) is 0 Å². The Balaban J connectivity index is 1.86. The first-order chi connectivity index (χ1) is 7.18. The van der Waals surface area contributed by atoms with Gasteiger partial charge in [0, 0.05) is 30.2 Å². The Labute approximate surface area is 103 Å². The standard InChI is InChI=1S/C11H16BrNOS/c1-11(4-6-14-7-5-11)13-8-9-2-3-10(12)15-9/h2-3,13H,4-8H2,1H3. The number of hydrogen-bond donors (Lipinski definition) is 1. The van der Waals surface area contributed by atoms with E-state index >= 15 is 0 Å². The van der Waals surface area contributed by atoms with Crippen molar-refractivity contribution >= 4 is 27.3 Å². The van der Waals surface area contributed by atoms with Crippen molar-refractivity contribution < 1.29 is 4.74 Å². The van der Waals surface area contributed by atoms with Crippen molar-refractivity contribution in [3.8, 4) is 0 Å². The van der Waals surface area contributed by atoms with E-state index in [1.807, 2.05) is 0 Å². The number of rotatable bonds is 3. The molecule has 0 amide bonds. The summed E-state index contributed by atoms with van der Waals surface area (Å²) in [6, 6.07) is 4.28. The summed E-state index contributed by atoms with van der Waals surface area (Å²) in [5, 5.41) is 3.64. The van der Waals surface area contributed by atoms with Gasteiger partial charge in [0.05, 0.1) is 3.79 Å². The van der Waals surface area contributed by atoms with Crippen LogP contribution in [0.15, 0.2) is 15.9 Å². The molecule has 0 radical (unpaired) electrons. The molecule has 2 nitrogen and oxygen atoms in total. The number of halogens is 1. The minimum atomic E-state index is 0.259. The maximum atomic E-state index is 5.38. The van der Waals surface area contributed by atoms with Crippen molar-refractivity contribution in [3.05, 3.63) is 20.8 Å². The largest absolute Gasteiger partial charge is 0.381 e. The van der Waals surface area contributed by atoms with Gasteiger partial charge in [0.1, 0.15) is 0 Å². The molecule has 15 heavy (non-hydrogen) atoms. The van der Waals surface area contributed by atoms with Gasteiger partial charge in [-0.1, -0.05) is 0 Å². The predicted molar refractivity (Wildman–Crippen MR) is 67.3 cm³/mol. The molecule has 1 aromatic heterocycles. The van der Waals surface area contributed by atoms with Crippen LogP contribution in [0.5, 0.6) is 0 Å². The highest BCUT2D eigenvalue weighted by Crippen LogP contribution is 2.24. The van der Waals surface area contributed by atoms with Gasteiger partial charge in [0.15, 0.2) is 0 Å². The summed E-state index contributed by atoms with van der Waals surface area (Å²) in [4.78, 5) is 1.38. The average Bonchev–Trinajstić information content (AvgIpc) is 2.63. The normalized spacial score (nSPS) is 20.4. The first kappa shape index (κ1) is 11.6. The predicted octanol–water partition coefficient (Wildman–Crippen LogP) is 3.17. The monoisotopic (exact) mass is 289 g/mol. The zero-order valence-corrected chi connectivity index (χ0v) is 11.3. The highest BCUT2D eigenvalue weighted by atomic mass is 79.9. The van der Waals surface area contributed by atoms with Gasteiger partial charge < -0.3 is 10.1 Å². The topological polar surface area (TPSA) is 21.3 Å². The van der Waals surface area contributed by atoms with Crippen molar-refractivity contribution in [1.82, 2.24) is 5.32 Å². The summed E-state index contributed by atoms with van der Waals surface area (Å²) >= 11 is 5.28. The quantitative estimate of drug-likeness (QED) is 0.923. The first-order valence-electron chi connectivity index (χ1n) is 5.25. The lowest BCUT2D eigenvalue weighted by atomic mass is 9.92. The Kier molecular flexibility index (Phi) is 3.83. The molecule has 1 saturated heterocycles. The Hall–Kier alpha value is 0.1000. The van der Waals surface area contributed by atoms with Crippen LogP contribution < -0.4 is 5.32 Å². The third kappa shape index (κ3) is 3.28. The highest BCUT2D eigenvalue weighted by Gasteiger charge is 2.26. The van der Waals surface area contributed by atoms with Crippen LogP contribution in [-0.4, -0.2) is 18.8 Å². The molecular weight excluding hydrogens is 274 g/mol. The minimum absolute atomic E-state index is 0.259. The number of nitrogens with one attached hydrogen (secondary N) is 1. The molecule has 4 heteroatoms. The molecule has 84 valence electrons. The fraction of sp³-hybridized carbons (Fsp3) is 0.636. The fourth-order valence-electron chi connectivity index (χ4n) is 1.75. The van der Waals surface area contributed by atoms with Gasteiger partial charge in [0.25, 0.3) is 0 Å². The van der Waals surface area contributed by atoms with Crippen LogP contribution >= 0.6 is 27.3 Å². The molecule has 0 aromatic carbocycles. The molecule has 0 bridgehead atoms. The molecule has 1 aliphatic heterocycles. The molecule has 0 atom stereocenters. The van der Waals surface area contributed by atoms with E-state index in [2.05, 4.69) is 40.3 Å². The molecule has 0 aliphatic carbocycles. The average molecular weight is 290 g/mol. The smallest absolute Gasteiger partial charge is 0.0701 e.